The van der Waals surface area contributed by atoms with Crippen LogP contribution in [0.2, 0.25) is 5.02 Å². The Hall–Kier alpha value is -2.33. The maximum atomic E-state index is 13.1. The Balaban J connectivity index is 1.74. The summed E-state index contributed by atoms with van der Waals surface area (Å²) in [4.78, 5) is 27.5. The van der Waals surface area contributed by atoms with Crippen LogP contribution in [0.3, 0.4) is 0 Å². The molecule has 1 aliphatic rings. The molecule has 0 aliphatic heterocycles. The summed E-state index contributed by atoms with van der Waals surface area (Å²) in [6.07, 6.45) is 3.39. The van der Waals surface area contributed by atoms with Crippen LogP contribution in [0.5, 0.6) is 0 Å². The van der Waals surface area contributed by atoms with Crippen LogP contribution in [-0.2, 0) is 19.7 Å². The van der Waals surface area contributed by atoms with Gasteiger partial charge in [0.2, 0.25) is 0 Å². The zero-order chi connectivity index (χ0) is 20.1. The number of anilines is 1. The van der Waals surface area contributed by atoms with E-state index in [9.17, 15) is 9.59 Å². The molecule has 0 unspecified atom stereocenters. The first-order chi connectivity index (χ1) is 13.4. The highest BCUT2D eigenvalue weighted by Crippen LogP contribution is 2.42. The van der Waals surface area contributed by atoms with Gasteiger partial charge in [0.05, 0.1) is 5.41 Å². The highest BCUT2D eigenvalue weighted by Gasteiger charge is 2.44. The Labute approximate surface area is 171 Å². The predicted molar refractivity (Wildman–Crippen MR) is 112 cm³/mol. The number of benzene rings is 2. The summed E-state index contributed by atoms with van der Waals surface area (Å²) < 4.78 is 5.57. The highest BCUT2D eigenvalue weighted by molar-refractivity contribution is 6.30. The fraction of sp³-hybridized carbons (Fsp3) is 0.391. The molecule has 0 bridgehead atoms. The van der Waals surface area contributed by atoms with Crippen molar-refractivity contribution in [1.82, 2.24) is 0 Å². The fourth-order valence-electron chi connectivity index (χ4n) is 4.01. The van der Waals surface area contributed by atoms with Gasteiger partial charge in [-0.3, -0.25) is 9.59 Å². The molecule has 3 rings (SSSR count). The van der Waals surface area contributed by atoms with Crippen LogP contribution < -0.4 is 4.90 Å². The molecular weight excluding hydrogens is 374 g/mol. The normalized spacial score (nSPS) is 15.4. The number of hydrogen-bond donors (Lipinski definition) is 0. The second-order valence-electron chi connectivity index (χ2n) is 7.57. The third kappa shape index (κ3) is 4.22. The van der Waals surface area contributed by atoms with E-state index in [1.54, 1.807) is 17.0 Å². The lowest BCUT2D eigenvalue weighted by atomic mass is 9.79. The molecule has 0 atom stereocenters. The Morgan fingerprint density at radius 2 is 1.64 bits per heavy atom. The van der Waals surface area contributed by atoms with Gasteiger partial charge in [0.1, 0.15) is 0 Å². The summed E-state index contributed by atoms with van der Waals surface area (Å²) in [6, 6.07) is 16.8. The summed E-state index contributed by atoms with van der Waals surface area (Å²) in [7, 11) is 0. The summed E-state index contributed by atoms with van der Waals surface area (Å²) in [6.45, 7) is 3.62. The smallest absolute Gasteiger partial charge is 0.317 e. The van der Waals surface area contributed by atoms with Crippen LogP contribution in [0.4, 0.5) is 5.69 Å². The third-order valence-electron chi connectivity index (χ3n) is 5.39. The Morgan fingerprint density at radius 3 is 2.21 bits per heavy atom. The topological polar surface area (TPSA) is 46.6 Å². The molecule has 0 N–H and O–H groups in total. The first-order valence-corrected chi connectivity index (χ1v) is 10.1. The monoisotopic (exact) mass is 399 g/mol. The summed E-state index contributed by atoms with van der Waals surface area (Å²) in [5, 5.41) is 0.635. The second-order valence-corrected chi connectivity index (χ2v) is 8.00. The molecule has 0 spiro atoms. The number of esters is 1. The van der Waals surface area contributed by atoms with Gasteiger partial charge in [0.25, 0.3) is 5.91 Å². The van der Waals surface area contributed by atoms with E-state index in [1.165, 1.54) is 0 Å². The van der Waals surface area contributed by atoms with Crippen molar-refractivity contribution in [3.8, 4) is 0 Å². The maximum Gasteiger partial charge on any atom is 0.317 e. The van der Waals surface area contributed by atoms with Crippen molar-refractivity contribution in [1.29, 1.82) is 0 Å². The molecule has 28 heavy (non-hydrogen) atoms. The third-order valence-corrected chi connectivity index (χ3v) is 5.64. The zero-order valence-corrected chi connectivity index (χ0v) is 17.1. The van der Waals surface area contributed by atoms with Gasteiger partial charge >= 0.3 is 5.97 Å². The molecule has 0 radical (unpaired) electrons. The number of rotatable bonds is 6. The summed E-state index contributed by atoms with van der Waals surface area (Å²) in [5.74, 6) is -0.545. The van der Waals surface area contributed by atoms with E-state index in [0.29, 0.717) is 5.02 Å². The van der Waals surface area contributed by atoms with Crippen LogP contribution in [0.25, 0.3) is 0 Å². The van der Waals surface area contributed by atoms with Crippen molar-refractivity contribution < 1.29 is 14.3 Å². The van der Waals surface area contributed by atoms with E-state index in [4.69, 9.17) is 16.3 Å². The molecule has 148 valence electrons. The molecule has 2 aromatic rings. The van der Waals surface area contributed by atoms with Gasteiger partial charge in [-0.1, -0.05) is 54.8 Å². The number of carbonyl (C=O) groups is 2. The van der Waals surface area contributed by atoms with E-state index in [-0.39, 0.29) is 24.5 Å². The lowest BCUT2D eigenvalue weighted by Gasteiger charge is -2.29. The lowest BCUT2D eigenvalue weighted by Crippen LogP contribution is -2.42. The molecular formula is C23H26ClNO3. The quantitative estimate of drug-likeness (QED) is 0.632. The molecule has 0 heterocycles. The van der Waals surface area contributed by atoms with Crippen LogP contribution in [-0.4, -0.2) is 24.5 Å². The largest absolute Gasteiger partial charge is 0.455 e. The lowest BCUT2D eigenvalue weighted by molar-refractivity contribution is -0.154. The minimum Gasteiger partial charge on any atom is -0.455 e. The van der Waals surface area contributed by atoms with Gasteiger partial charge in [-0.2, -0.15) is 0 Å². The standard InChI is InChI=1S/C23H26ClNO3/c1-17(2)25(20-8-4-3-5-9-20)21(26)16-28-22(27)23(14-6-7-15-23)18-10-12-19(24)13-11-18/h3-5,8-13,17H,6-7,14-16H2,1-2H3. The maximum absolute atomic E-state index is 13.1. The van der Waals surface area contributed by atoms with E-state index in [0.717, 1.165) is 36.9 Å². The number of halogens is 1. The van der Waals surface area contributed by atoms with E-state index >= 15 is 0 Å². The van der Waals surface area contributed by atoms with Crippen LogP contribution >= 0.6 is 11.6 Å². The molecule has 0 aromatic heterocycles. The van der Waals surface area contributed by atoms with Gasteiger partial charge < -0.3 is 9.64 Å². The van der Waals surface area contributed by atoms with Crippen LogP contribution in [0, 0.1) is 0 Å². The van der Waals surface area contributed by atoms with Crippen molar-refractivity contribution >= 4 is 29.2 Å². The average Bonchev–Trinajstić information content (AvgIpc) is 3.18. The van der Waals surface area contributed by atoms with E-state index < -0.39 is 5.41 Å². The van der Waals surface area contributed by atoms with Gasteiger partial charge in [0.15, 0.2) is 6.61 Å². The van der Waals surface area contributed by atoms with Crippen molar-refractivity contribution in [2.45, 2.75) is 51.0 Å². The number of ether oxygens (including phenoxy) is 1. The summed E-state index contributed by atoms with van der Waals surface area (Å²) >= 11 is 6.00. The molecule has 0 saturated heterocycles. The van der Waals surface area contributed by atoms with Gasteiger partial charge in [-0.15, -0.1) is 0 Å². The summed E-state index contributed by atoms with van der Waals surface area (Å²) in [5.41, 5.74) is 1.03. The average molecular weight is 400 g/mol. The molecule has 1 aliphatic carbocycles. The number of nitrogens with zero attached hydrogens (tertiary/aromatic N) is 1. The predicted octanol–water partition coefficient (Wildman–Crippen LogP) is 5.14. The first-order valence-electron chi connectivity index (χ1n) is 9.74. The van der Waals surface area contributed by atoms with Gasteiger partial charge in [-0.25, -0.2) is 0 Å². The molecule has 2 aromatic carbocycles. The van der Waals surface area contributed by atoms with Gasteiger partial charge in [-0.05, 0) is 56.5 Å². The molecule has 1 amide bonds. The molecule has 5 heteroatoms. The van der Waals surface area contributed by atoms with Crippen molar-refractivity contribution in [3.63, 3.8) is 0 Å². The van der Waals surface area contributed by atoms with Crippen LogP contribution in [0.15, 0.2) is 54.6 Å². The van der Waals surface area contributed by atoms with Gasteiger partial charge in [0, 0.05) is 16.8 Å². The Kier molecular flexibility index (Phi) is 6.40. The highest BCUT2D eigenvalue weighted by atomic mass is 35.5. The minimum atomic E-state index is -0.680. The van der Waals surface area contributed by atoms with Crippen LogP contribution in [0.1, 0.15) is 45.1 Å². The van der Waals surface area contributed by atoms with E-state index in [1.807, 2.05) is 56.3 Å². The van der Waals surface area contributed by atoms with Crippen molar-refractivity contribution in [3.05, 3.63) is 65.2 Å². The Morgan fingerprint density at radius 1 is 1.04 bits per heavy atom. The van der Waals surface area contributed by atoms with Crippen molar-refractivity contribution in [2.75, 3.05) is 11.5 Å². The SMILES string of the molecule is CC(C)N(C(=O)COC(=O)C1(c2ccc(Cl)cc2)CCCC1)c1ccccc1. The molecule has 4 nitrogen and oxygen atoms in total. The fourth-order valence-corrected chi connectivity index (χ4v) is 4.14. The molecule has 1 saturated carbocycles. The van der Waals surface area contributed by atoms with E-state index in [2.05, 4.69) is 0 Å². The minimum absolute atomic E-state index is 0.0368. The zero-order valence-electron chi connectivity index (χ0n) is 16.4. The first kappa shape index (κ1) is 20.4. The number of carbonyl (C=O) groups excluding carboxylic acids is 2. The van der Waals surface area contributed by atoms with Crippen molar-refractivity contribution in [2.24, 2.45) is 0 Å². The Bertz CT molecular complexity index is 812. The number of para-hydroxylation sites is 1. The second kappa shape index (κ2) is 8.78. The number of amides is 1. The number of hydrogen-bond acceptors (Lipinski definition) is 3. The molecule has 1 fully saturated rings.